The molecule has 0 radical (unpaired) electrons. The van der Waals surface area contributed by atoms with E-state index in [0.717, 1.165) is 22.9 Å². The lowest BCUT2D eigenvalue weighted by molar-refractivity contribution is -0.672. The molecule has 5 aromatic rings. The van der Waals surface area contributed by atoms with Crippen LogP contribution in [0.25, 0.3) is 28.2 Å². The van der Waals surface area contributed by atoms with Crippen LogP contribution in [-0.4, -0.2) is 32.0 Å². The van der Waals surface area contributed by atoms with Crippen molar-refractivity contribution >= 4 is 17.5 Å². The summed E-state index contributed by atoms with van der Waals surface area (Å²) in [6, 6.07) is 28.2. The molecule has 2 heterocycles. The topological polar surface area (TPSA) is 109 Å². The van der Waals surface area contributed by atoms with Gasteiger partial charge in [0.2, 0.25) is 16.6 Å². The van der Waals surface area contributed by atoms with Crippen LogP contribution in [0.1, 0.15) is 10.5 Å². The molecule has 9 heteroatoms. The van der Waals surface area contributed by atoms with Crippen molar-refractivity contribution in [1.29, 1.82) is 0 Å². The Morgan fingerprint density at radius 2 is 1.41 bits per heavy atom. The van der Waals surface area contributed by atoms with Crippen molar-refractivity contribution in [2.24, 2.45) is 0 Å². The van der Waals surface area contributed by atoms with Gasteiger partial charge < -0.3 is 9.63 Å². The Kier molecular flexibility index (Phi) is 6.09. The largest absolute Gasteiger partial charge is 0.539 e. The van der Waals surface area contributed by atoms with Gasteiger partial charge in [-0.2, -0.15) is 0 Å². The van der Waals surface area contributed by atoms with Crippen molar-refractivity contribution in [3.05, 3.63) is 96.7 Å². The molecule has 0 bridgehead atoms. The number of para-hydroxylation sites is 1. The fourth-order valence-electron chi connectivity index (χ4n) is 3.38. The Morgan fingerprint density at radius 1 is 0.824 bits per heavy atom. The van der Waals surface area contributed by atoms with Crippen molar-refractivity contribution in [2.45, 2.75) is 5.16 Å². The summed E-state index contributed by atoms with van der Waals surface area (Å²) in [5.41, 5.74) is 3.47. The molecule has 166 valence electrons. The van der Waals surface area contributed by atoms with E-state index in [1.807, 2.05) is 66.7 Å². The Morgan fingerprint density at radius 3 is 2.06 bits per heavy atom. The zero-order valence-electron chi connectivity index (χ0n) is 17.7. The number of ketones is 1. The Labute approximate surface area is 198 Å². The second-order valence-corrected chi connectivity index (χ2v) is 8.13. The van der Waals surface area contributed by atoms with Gasteiger partial charge in [0.1, 0.15) is 11.4 Å². The maximum Gasteiger partial charge on any atom is 0.307 e. The average molecular weight is 468 g/mol. The monoisotopic (exact) mass is 467 g/mol. The second kappa shape index (κ2) is 9.63. The van der Waals surface area contributed by atoms with Crippen LogP contribution in [0.4, 0.5) is 0 Å². The Balaban J connectivity index is 1.43. The molecule has 0 aliphatic rings. The van der Waals surface area contributed by atoms with Crippen LogP contribution < -0.4 is 9.79 Å². The van der Waals surface area contributed by atoms with Crippen molar-refractivity contribution in [3.8, 4) is 34.1 Å². The molecular weight excluding hydrogens is 450 g/mol. The van der Waals surface area contributed by atoms with Gasteiger partial charge in [-0.1, -0.05) is 90.6 Å². The van der Waals surface area contributed by atoms with Crippen LogP contribution in [-0.2, 0) is 0 Å². The molecule has 0 spiro atoms. The number of hydrogen-bond acceptors (Lipinski definition) is 8. The van der Waals surface area contributed by atoms with Crippen LogP contribution in [0.15, 0.2) is 101 Å². The van der Waals surface area contributed by atoms with Gasteiger partial charge in [0.05, 0.1) is 11.0 Å². The molecule has 3 aromatic carbocycles. The molecule has 8 nitrogen and oxygen atoms in total. The first-order chi connectivity index (χ1) is 16.7. The highest BCUT2D eigenvalue weighted by Gasteiger charge is 2.27. The summed E-state index contributed by atoms with van der Waals surface area (Å²) in [7, 11) is 0. The van der Waals surface area contributed by atoms with Gasteiger partial charge in [-0.25, -0.2) is 4.98 Å². The minimum absolute atomic E-state index is 0.0795. The van der Waals surface area contributed by atoms with E-state index in [1.54, 1.807) is 24.3 Å². The molecule has 0 N–H and O–H groups in total. The summed E-state index contributed by atoms with van der Waals surface area (Å²) in [6.07, 6.45) is 0. The van der Waals surface area contributed by atoms with Crippen LogP contribution in [0.5, 0.6) is 5.95 Å². The van der Waals surface area contributed by atoms with Gasteiger partial charge in [-0.15, -0.1) is 10.2 Å². The lowest BCUT2D eigenvalue weighted by Gasteiger charge is -2.09. The smallest absolute Gasteiger partial charge is 0.307 e. The third-order valence-corrected chi connectivity index (χ3v) is 5.81. The van der Waals surface area contributed by atoms with E-state index in [-0.39, 0.29) is 11.4 Å². The van der Waals surface area contributed by atoms with E-state index in [2.05, 4.69) is 20.5 Å². The summed E-state index contributed by atoms with van der Waals surface area (Å²) < 4.78 is 5.96. The lowest BCUT2D eigenvalue weighted by Crippen LogP contribution is -2.39. The molecule has 0 saturated heterocycles. The van der Waals surface area contributed by atoms with Crippen LogP contribution in [0, 0.1) is 0 Å². The first kappa shape index (κ1) is 21.5. The van der Waals surface area contributed by atoms with Crippen molar-refractivity contribution < 1.29 is 19.1 Å². The molecule has 2 aromatic heterocycles. The molecule has 0 saturated carbocycles. The van der Waals surface area contributed by atoms with Crippen LogP contribution in [0.3, 0.4) is 0 Å². The van der Waals surface area contributed by atoms with Crippen molar-refractivity contribution in [3.63, 3.8) is 0 Å². The molecule has 0 aliphatic carbocycles. The van der Waals surface area contributed by atoms with Crippen LogP contribution >= 0.6 is 11.8 Å². The number of thioether (sulfide) groups is 1. The summed E-state index contributed by atoms with van der Waals surface area (Å²) in [5.74, 6) is -1.32. The molecular formula is C25H17N5O3S. The number of benzene rings is 3. The maximum atomic E-state index is 12.9. The standard InChI is InChI=1S/C25H17N5O3S/c31-20(23-24(32)33-29-30(23)19-14-8-3-9-15-19)16-34-25-26-21(17-10-4-1-5-11-17)22(27-28-25)18-12-6-2-7-13-18/h1-15H,16H2. The van der Waals surface area contributed by atoms with Crippen molar-refractivity contribution in [2.75, 3.05) is 5.75 Å². The highest BCUT2D eigenvalue weighted by Crippen LogP contribution is 2.29. The van der Waals surface area contributed by atoms with Gasteiger partial charge in [0.15, 0.2) is 5.95 Å². The number of rotatable bonds is 7. The average Bonchev–Trinajstić information content (AvgIpc) is 3.30. The first-order valence-corrected chi connectivity index (χ1v) is 11.4. The third kappa shape index (κ3) is 4.41. The molecule has 34 heavy (non-hydrogen) atoms. The number of carbonyl (C=O) groups is 1. The second-order valence-electron chi connectivity index (χ2n) is 7.19. The van der Waals surface area contributed by atoms with Gasteiger partial charge in [0.25, 0.3) is 0 Å². The Hall–Kier alpha value is -4.37. The van der Waals surface area contributed by atoms with E-state index in [0.29, 0.717) is 22.2 Å². The lowest BCUT2D eigenvalue weighted by atomic mass is 10.0. The zero-order chi connectivity index (χ0) is 23.3. The number of nitrogens with zero attached hydrogens (tertiary/aromatic N) is 5. The van der Waals surface area contributed by atoms with Gasteiger partial charge in [-0.05, 0) is 4.68 Å². The SMILES string of the molecule is O=C(CSc1nnc(-c2ccccc2)c(-c2ccccc2)n1)c1c([O-])on[n+]1-c1ccccc1. The first-order valence-electron chi connectivity index (χ1n) is 10.4. The minimum Gasteiger partial charge on any atom is -0.539 e. The van der Waals surface area contributed by atoms with E-state index < -0.39 is 11.7 Å². The van der Waals surface area contributed by atoms with Crippen molar-refractivity contribution in [1.82, 2.24) is 20.5 Å². The van der Waals surface area contributed by atoms with Gasteiger partial charge in [0, 0.05) is 23.3 Å². The predicted molar refractivity (Wildman–Crippen MR) is 123 cm³/mol. The van der Waals surface area contributed by atoms with Crippen LogP contribution in [0.2, 0.25) is 0 Å². The summed E-state index contributed by atoms with van der Waals surface area (Å²) in [6.45, 7) is 0. The van der Waals surface area contributed by atoms with Gasteiger partial charge in [-0.3, -0.25) is 4.79 Å². The molecule has 5 rings (SSSR count). The number of aromatic nitrogens is 5. The van der Waals surface area contributed by atoms with E-state index >= 15 is 0 Å². The summed E-state index contributed by atoms with van der Waals surface area (Å²) >= 11 is 1.10. The fraction of sp³-hybridized carbons (Fsp3) is 0.0400. The van der Waals surface area contributed by atoms with E-state index in [9.17, 15) is 9.90 Å². The number of Topliss-reactive ketones (excluding diaryl/α,β-unsaturated/α-hetero) is 1. The Bertz CT molecular complexity index is 1430. The predicted octanol–water partition coefficient (Wildman–Crippen LogP) is 3.52. The molecule has 0 unspecified atom stereocenters. The van der Waals surface area contributed by atoms with E-state index in [1.165, 1.54) is 4.68 Å². The van der Waals surface area contributed by atoms with Gasteiger partial charge >= 0.3 is 5.69 Å². The number of hydrogen-bond donors (Lipinski definition) is 0. The summed E-state index contributed by atoms with van der Waals surface area (Å²) in [5, 5.41) is 24.9. The highest BCUT2D eigenvalue weighted by molar-refractivity contribution is 7.99. The quantitative estimate of drug-likeness (QED) is 0.203. The minimum atomic E-state index is -0.794. The molecule has 0 atom stereocenters. The molecule has 0 fully saturated rings. The molecule has 0 aliphatic heterocycles. The normalized spacial score (nSPS) is 10.8. The fourth-order valence-corrected chi connectivity index (χ4v) is 4.04. The van der Waals surface area contributed by atoms with E-state index in [4.69, 9.17) is 4.52 Å². The third-order valence-electron chi connectivity index (χ3n) is 4.97. The highest BCUT2D eigenvalue weighted by atomic mass is 32.2. The molecule has 0 amide bonds. The number of carbonyl (C=O) groups excluding carboxylic acids is 1. The zero-order valence-corrected chi connectivity index (χ0v) is 18.6. The summed E-state index contributed by atoms with van der Waals surface area (Å²) in [4.78, 5) is 17.6. The maximum absolute atomic E-state index is 12.9.